The molecule has 0 aliphatic heterocycles. The van der Waals surface area contributed by atoms with Crippen molar-refractivity contribution < 1.29 is 23.5 Å². The van der Waals surface area contributed by atoms with Crippen LogP contribution in [0.25, 0.3) is 11.0 Å². The van der Waals surface area contributed by atoms with Crippen LogP contribution in [0, 0.1) is 6.92 Å². The van der Waals surface area contributed by atoms with Gasteiger partial charge in [0.2, 0.25) is 5.76 Å². The summed E-state index contributed by atoms with van der Waals surface area (Å²) in [6, 6.07) is 24.0. The molecule has 39 heavy (non-hydrogen) atoms. The summed E-state index contributed by atoms with van der Waals surface area (Å²) in [6.45, 7) is 11.0. The lowest BCUT2D eigenvalue weighted by Gasteiger charge is -2.22. The van der Waals surface area contributed by atoms with E-state index in [0.717, 1.165) is 34.4 Å². The molecule has 0 N–H and O–H groups in total. The topological polar surface area (TPSA) is 69.0 Å². The zero-order valence-corrected chi connectivity index (χ0v) is 24.0. The molecule has 6 nitrogen and oxygen atoms in total. The lowest BCUT2D eigenvalue weighted by Crippen LogP contribution is -2.24. The molecule has 0 saturated heterocycles. The zero-order valence-electron chi connectivity index (χ0n) is 23.2. The van der Waals surface area contributed by atoms with Gasteiger partial charge in [-0.2, -0.15) is 0 Å². The van der Waals surface area contributed by atoms with E-state index in [4.69, 9.17) is 13.9 Å². The largest absolute Gasteiger partial charge is 0.460 e. The molecular weight excluding hydrogens is 510 g/mol. The summed E-state index contributed by atoms with van der Waals surface area (Å²) in [5, 5.41) is 0.896. The van der Waals surface area contributed by atoms with Gasteiger partial charge in [-0.25, -0.2) is 13.9 Å². The number of benzene rings is 3. The average Bonchev–Trinajstić information content (AvgIpc) is 3.23. The normalized spacial score (nSPS) is 11.6. The molecule has 1 heterocycles. The lowest BCUT2D eigenvalue weighted by atomic mass is 10.1. The van der Waals surface area contributed by atoms with Gasteiger partial charge >= 0.3 is 11.9 Å². The third-order valence-electron chi connectivity index (χ3n) is 6.04. The van der Waals surface area contributed by atoms with E-state index in [0.29, 0.717) is 24.3 Å². The van der Waals surface area contributed by atoms with Crippen molar-refractivity contribution in [3.05, 3.63) is 101 Å². The summed E-state index contributed by atoms with van der Waals surface area (Å²) in [7, 11) is 0. The van der Waals surface area contributed by atoms with E-state index in [1.54, 1.807) is 18.9 Å². The Morgan fingerprint density at radius 1 is 0.923 bits per heavy atom. The predicted octanol–water partition coefficient (Wildman–Crippen LogP) is 7.63. The Balaban J connectivity index is 1.54. The molecule has 0 saturated carbocycles. The minimum absolute atomic E-state index is 0.250. The van der Waals surface area contributed by atoms with Crippen LogP contribution >= 0.6 is 11.9 Å². The number of hydrogen-bond acceptors (Lipinski definition) is 7. The maximum Gasteiger partial charge on any atom is 0.374 e. The highest BCUT2D eigenvalue weighted by atomic mass is 32.2. The second kappa shape index (κ2) is 12.5. The molecule has 1 aromatic heterocycles. The first-order valence-corrected chi connectivity index (χ1v) is 13.9. The molecule has 0 aliphatic rings. The number of fused-ring (bicyclic) bond motifs is 1. The quantitative estimate of drug-likeness (QED) is 0.150. The highest BCUT2D eigenvalue weighted by molar-refractivity contribution is 7.97. The van der Waals surface area contributed by atoms with Crippen molar-refractivity contribution in [2.75, 3.05) is 13.2 Å². The van der Waals surface area contributed by atoms with Crippen molar-refractivity contribution in [1.29, 1.82) is 0 Å². The number of rotatable bonds is 10. The smallest absolute Gasteiger partial charge is 0.374 e. The monoisotopic (exact) mass is 545 g/mol. The van der Waals surface area contributed by atoms with E-state index in [1.165, 1.54) is 5.56 Å². The number of carbonyl (C=O) groups excluding carboxylic acids is 2. The Kier molecular flexibility index (Phi) is 9.15. The summed E-state index contributed by atoms with van der Waals surface area (Å²) in [5.41, 5.74) is 3.80. The van der Waals surface area contributed by atoms with Crippen LogP contribution in [-0.4, -0.2) is 35.0 Å². The second-order valence-electron chi connectivity index (χ2n) is 10.3. The molecular formula is C32H35NO5S. The molecule has 4 rings (SSSR count). The molecule has 0 spiro atoms. The van der Waals surface area contributed by atoms with E-state index in [-0.39, 0.29) is 11.7 Å². The maximum absolute atomic E-state index is 12.4. The molecule has 0 amide bonds. The van der Waals surface area contributed by atoms with Gasteiger partial charge in [-0.1, -0.05) is 42.5 Å². The molecule has 0 bridgehead atoms. The van der Waals surface area contributed by atoms with Crippen molar-refractivity contribution in [3.8, 4) is 0 Å². The van der Waals surface area contributed by atoms with Gasteiger partial charge in [0.05, 0.1) is 12.2 Å². The maximum atomic E-state index is 12.4. The Labute approximate surface area is 234 Å². The number of furan rings is 1. The molecule has 7 heteroatoms. The van der Waals surface area contributed by atoms with Crippen molar-refractivity contribution in [2.24, 2.45) is 0 Å². The van der Waals surface area contributed by atoms with Crippen LogP contribution in [0.5, 0.6) is 0 Å². The van der Waals surface area contributed by atoms with E-state index < -0.39 is 11.6 Å². The minimum Gasteiger partial charge on any atom is -0.460 e. The summed E-state index contributed by atoms with van der Waals surface area (Å²) in [4.78, 5) is 25.8. The number of aryl methyl sites for hydroxylation is 1. The van der Waals surface area contributed by atoms with Crippen LogP contribution in [0.3, 0.4) is 0 Å². The molecule has 4 aromatic rings. The summed E-state index contributed by atoms with van der Waals surface area (Å²) < 4.78 is 18.7. The Morgan fingerprint density at radius 2 is 1.64 bits per heavy atom. The van der Waals surface area contributed by atoms with Crippen molar-refractivity contribution in [3.63, 3.8) is 0 Å². The molecule has 204 valence electrons. The number of esters is 2. The number of ether oxygens (including phenoxy) is 2. The van der Waals surface area contributed by atoms with Crippen LogP contribution in [-0.2, 0) is 22.4 Å². The average molecular weight is 546 g/mol. The summed E-state index contributed by atoms with van der Waals surface area (Å²) >= 11 is 1.66. The summed E-state index contributed by atoms with van der Waals surface area (Å²) in [6.07, 6.45) is 0.893. The van der Waals surface area contributed by atoms with Crippen molar-refractivity contribution >= 4 is 34.9 Å². The van der Waals surface area contributed by atoms with Crippen LogP contribution < -0.4 is 0 Å². The van der Waals surface area contributed by atoms with Gasteiger partial charge in [0.25, 0.3) is 0 Å². The van der Waals surface area contributed by atoms with Crippen LogP contribution in [0.2, 0.25) is 0 Å². The van der Waals surface area contributed by atoms with Crippen molar-refractivity contribution in [1.82, 2.24) is 4.31 Å². The SMILES string of the molecule is CCOC(=O)c1oc2ccc(SN(CCc3ccccc3)Cc3ccc(C(=O)OC(C)(C)C)cc3)cc2c1C. The van der Waals surface area contributed by atoms with E-state index >= 15 is 0 Å². The fraction of sp³-hybridized carbons (Fsp3) is 0.312. The van der Waals surface area contributed by atoms with Crippen LogP contribution in [0.4, 0.5) is 0 Å². The number of nitrogens with zero attached hydrogens (tertiary/aromatic N) is 1. The molecule has 0 fully saturated rings. The Bertz CT molecular complexity index is 1420. The highest BCUT2D eigenvalue weighted by Gasteiger charge is 2.20. The van der Waals surface area contributed by atoms with Gasteiger partial charge in [-0.3, -0.25) is 0 Å². The van der Waals surface area contributed by atoms with Gasteiger partial charge in [0.1, 0.15) is 11.2 Å². The molecule has 0 unspecified atom stereocenters. The van der Waals surface area contributed by atoms with Gasteiger partial charge in [-0.05, 0) is 94.4 Å². The Hall–Kier alpha value is -3.55. The number of hydrogen-bond donors (Lipinski definition) is 0. The minimum atomic E-state index is -0.536. The second-order valence-corrected chi connectivity index (χ2v) is 11.5. The van der Waals surface area contributed by atoms with Crippen molar-refractivity contribution in [2.45, 2.75) is 58.1 Å². The van der Waals surface area contributed by atoms with Gasteiger partial charge in [-0.15, -0.1) is 0 Å². The molecule has 0 atom stereocenters. The lowest BCUT2D eigenvalue weighted by molar-refractivity contribution is 0.00692. The molecule has 0 radical (unpaired) electrons. The van der Waals surface area contributed by atoms with E-state index in [1.807, 2.05) is 70.2 Å². The number of carbonyl (C=O) groups is 2. The molecule has 3 aromatic carbocycles. The van der Waals surface area contributed by atoms with Crippen LogP contribution in [0.15, 0.2) is 82.1 Å². The Morgan fingerprint density at radius 3 is 2.31 bits per heavy atom. The highest BCUT2D eigenvalue weighted by Crippen LogP contribution is 2.32. The first-order chi connectivity index (χ1) is 18.6. The van der Waals surface area contributed by atoms with E-state index in [2.05, 4.69) is 34.6 Å². The molecule has 0 aliphatic carbocycles. The fourth-order valence-corrected chi connectivity index (χ4v) is 5.13. The third kappa shape index (κ3) is 7.74. The van der Waals surface area contributed by atoms with Gasteiger partial charge in [0, 0.05) is 28.9 Å². The first kappa shape index (κ1) is 28.5. The fourth-order valence-electron chi connectivity index (χ4n) is 4.14. The van der Waals surface area contributed by atoms with Gasteiger partial charge in [0.15, 0.2) is 0 Å². The third-order valence-corrected chi connectivity index (χ3v) is 7.08. The van der Waals surface area contributed by atoms with Crippen LogP contribution in [0.1, 0.15) is 65.3 Å². The van der Waals surface area contributed by atoms with Gasteiger partial charge < -0.3 is 13.9 Å². The van der Waals surface area contributed by atoms with E-state index in [9.17, 15) is 9.59 Å². The first-order valence-electron chi connectivity index (χ1n) is 13.1. The summed E-state index contributed by atoms with van der Waals surface area (Å²) in [5.74, 6) is -0.518. The predicted molar refractivity (Wildman–Crippen MR) is 155 cm³/mol. The zero-order chi connectivity index (χ0) is 28.0. The standard InChI is InChI=1S/C32H35NO5S/c1-6-36-31(35)29-22(2)27-20-26(16-17-28(27)37-29)39-33(19-18-23-10-8-7-9-11-23)21-24-12-14-25(15-13-24)30(34)38-32(3,4)5/h7-17,20H,6,18-19,21H2,1-5H3.